The Morgan fingerprint density at radius 3 is 2.53 bits per heavy atom. The largest absolute Gasteiger partial charge is 0.493 e. The van der Waals surface area contributed by atoms with E-state index in [0.29, 0.717) is 6.54 Å². The third-order valence-corrected chi connectivity index (χ3v) is 6.84. The molecule has 0 spiro atoms. The van der Waals surface area contributed by atoms with Crippen molar-refractivity contribution in [3.05, 3.63) is 57.0 Å². The molecule has 3 aliphatic rings. The molecule has 0 radical (unpaired) electrons. The number of nitrogens with zero attached hydrogens (tertiary/aromatic N) is 4. The number of fused-ring (bicyclic) bond motifs is 2. The maximum absolute atomic E-state index is 12.4. The lowest BCUT2D eigenvalue weighted by Gasteiger charge is -2.34. The molecule has 0 unspecified atom stereocenters. The minimum absolute atomic E-state index is 0.0639. The van der Waals surface area contributed by atoms with Crippen LogP contribution in [0.5, 0.6) is 5.75 Å². The van der Waals surface area contributed by atoms with E-state index in [9.17, 15) is 4.79 Å². The highest BCUT2D eigenvalue weighted by atomic mass is 16.5. The Labute approximate surface area is 178 Å². The summed E-state index contributed by atoms with van der Waals surface area (Å²) < 4.78 is 7.30. The van der Waals surface area contributed by atoms with Gasteiger partial charge in [0.05, 0.1) is 18.8 Å². The second kappa shape index (κ2) is 8.90. The first-order valence-corrected chi connectivity index (χ1v) is 11.5. The molecular formula is C24H32N4O2. The third-order valence-electron chi connectivity index (χ3n) is 6.84. The monoisotopic (exact) mass is 408 g/mol. The van der Waals surface area contributed by atoms with E-state index in [4.69, 9.17) is 4.74 Å². The highest BCUT2D eigenvalue weighted by Crippen LogP contribution is 2.26. The summed E-state index contributed by atoms with van der Waals surface area (Å²) in [6.45, 7) is 7.87. The van der Waals surface area contributed by atoms with E-state index in [0.717, 1.165) is 83.0 Å². The van der Waals surface area contributed by atoms with E-state index < -0.39 is 0 Å². The van der Waals surface area contributed by atoms with E-state index in [-0.39, 0.29) is 5.56 Å². The molecule has 1 fully saturated rings. The second-order valence-corrected chi connectivity index (χ2v) is 8.86. The molecule has 30 heavy (non-hydrogen) atoms. The van der Waals surface area contributed by atoms with Crippen LogP contribution in [0.2, 0.25) is 0 Å². The zero-order valence-electron chi connectivity index (χ0n) is 17.8. The van der Waals surface area contributed by atoms with Crippen LogP contribution in [0.3, 0.4) is 0 Å². The average molecular weight is 409 g/mol. The molecule has 6 heteroatoms. The topological polar surface area (TPSA) is 50.6 Å². The predicted molar refractivity (Wildman–Crippen MR) is 117 cm³/mol. The number of ether oxygens (including phenoxy) is 1. The van der Waals surface area contributed by atoms with Gasteiger partial charge in [0.2, 0.25) is 0 Å². The first kappa shape index (κ1) is 19.8. The van der Waals surface area contributed by atoms with Gasteiger partial charge in [0, 0.05) is 51.8 Å². The van der Waals surface area contributed by atoms with Gasteiger partial charge in [0.15, 0.2) is 0 Å². The van der Waals surface area contributed by atoms with Crippen LogP contribution < -0.4 is 10.3 Å². The summed E-state index contributed by atoms with van der Waals surface area (Å²) in [5.74, 6) is 1.07. The zero-order valence-corrected chi connectivity index (χ0v) is 17.8. The summed E-state index contributed by atoms with van der Waals surface area (Å²) in [5, 5.41) is 4.66. The highest BCUT2D eigenvalue weighted by Gasteiger charge is 2.18. The number of piperazine rings is 1. The first-order chi connectivity index (χ1) is 14.7. The molecule has 0 atom stereocenters. The van der Waals surface area contributed by atoms with Gasteiger partial charge in [-0.25, -0.2) is 4.68 Å². The van der Waals surface area contributed by atoms with Gasteiger partial charge in [-0.2, -0.15) is 5.10 Å². The van der Waals surface area contributed by atoms with Gasteiger partial charge in [-0.1, -0.05) is 12.1 Å². The lowest BCUT2D eigenvalue weighted by Crippen LogP contribution is -2.48. The molecular weight excluding hydrogens is 376 g/mol. The standard InChI is InChI=1S/C24H32N4O2/c29-24-18-20-3-1-2-4-22(20)25-28(24)15-14-27-12-10-26(11-13-27)9-7-19-5-6-23-21(17-19)8-16-30-23/h5-6,17-18H,1-4,7-16H2. The van der Waals surface area contributed by atoms with Crippen molar-refractivity contribution in [3.8, 4) is 5.75 Å². The Morgan fingerprint density at radius 1 is 0.867 bits per heavy atom. The Hall–Kier alpha value is -2.18. The van der Waals surface area contributed by atoms with Crippen LogP contribution in [0.4, 0.5) is 0 Å². The molecule has 0 amide bonds. The molecule has 2 aliphatic heterocycles. The van der Waals surface area contributed by atoms with Crippen LogP contribution in [-0.4, -0.2) is 65.5 Å². The normalized spacial score (nSPS) is 19.3. The number of hydrogen-bond donors (Lipinski definition) is 0. The molecule has 0 saturated carbocycles. The van der Waals surface area contributed by atoms with Crippen molar-refractivity contribution in [1.29, 1.82) is 0 Å². The fourth-order valence-electron chi connectivity index (χ4n) is 4.92. The maximum atomic E-state index is 12.4. The molecule has 5 rings (SSSR count). The molecule has 1 aromatic carbocycles. The first-order valence-electron chi connectivity index (χ1n) is 11.5. The highest BCUT2D eigenvalue weighted by molar-refractivity contribution is 5.39. The van der Waals surface area contributed by atoms with E-state index in [1.54, 1.807) is 4.68 Å². The van der Waals surface area contributed by atoms with Crippen molar-refractivity contribution in [1.82, 2.24) is 19.6 Å². The summed E-state index contributed by atoms with van der Waals surface area (Å²) in [4.78, 5) is 17.4. The fraction of sp³-hybridized carbons (Fsp3) is 0.583. The van der Waals surface area contributed by atoms with Crippen LogP contribution in [0, 0.1) is 0 Å². The smallest absolute Gasteiger partial charge is 0.267 e. The Balaban J connectivity index is 1.08. The molecule has 160 valence electrons. The van der Waals surface area contributed by atoms with Crippen molar-refractivity contribution >= 4 is 0 Å². The van der Waals surface area contributed by atoms with Gasteiger partial charge in [0.25, 0.3) is 5.56 Å². The van der Waals surface area contributed by atoms with Crippen LogP contribution in [0.15, 0.2) is 29.1 Å². The Bertz CT molecular complexity index is 947. The number of aryl methyl sites for hydroxylation is 2. The van der Waals surface area contributed by atoms with E-state index in [1.165, 1.54) is 29.5 Å². The minimum Gasteiger partial charge on any atom is -0.493 e. The molecule has 3 heterocycles. The molecule has 0 bridgehead atoms. The van der Waals surface area contributed by atoms with Gasteiger partial charge in [-0.3, -0.25) is 9.69 Å². The zero-order chi connectivity index (χ0) is 20.3. The van der Waals surface area contributed by atoms with Crippen molar-refractivity contribution in [2.24, 2.45) is 0 Å². The van der Waals surface area contributed by atoms with Crippen molar-refractivity contribution < 1.29 is 4.74 Å². The molecule has 6 nitrogen and oxygen atoms in total. The third kappa shape index (κ3) is 4.44. The van der Waals surface area contributed by atoms with Gasteiger partial charge < -0.3 is 9.64 Å². The number of hydrogen-bond acceptors (Lipinski definition) is 5. The van der Waals surface area contributed by atoms with Gasteiger partial charge in [-0.05, 0) is 54.9 Å². The molecule has 0 N–H and O–H groups in total. The Morgan fingerprint density at radius 2 is 1.67 bits per heavy atom. The number of benzene rings is 1. The predicted octanol–water partition coefficient (Wildman–Crippen LogP) is 1.92. The van der Waals surface area contributed by atoms with Gasteiger partial charge >= 0.3 is 0 Å². The summed E-state index contributed by atoms with van der Waals surface area (Å²) >= 11 is 0. The summed E-state index contributed by atoms with van der Waals surface area (Å²) in [6, 6.07) is 8.49. The summed E-state index contributed by atoms with van der Waals surface area (Å²) in [7, 11) is 0. The maximum Gasteiger partial charge on any atom is 0.267 e. The molecule has 2 aromatic rings. The lowest BCUT2D eigenvalue weighted by atomic mass is 9.97. The van der Waals surface area contributed by atoms with E-state index in [1.807, 2.05) is 6.07 Å². The molecule has 1 aliphatic carbocycles. The van der Waals surface area contributed by atoms with Crippen LogP contribution in [0.25, 0.3) is 0 Å². The van der Waals surface area contributed by atoms with E-state index >= 15 is 0 Å². The molecule has 1 saturated heterocycles. The molecule has 1 aromatic heterocycles. The number of aromatic nitrogens is 2. The van der Waals surface area contributed by atoms with Crippen molar-refractivity contribution in [3.63, 3.8) is 0 Å². The van der Waals surface area contributed by atoms with Gasteiger partial charge in [0.1, 0.15) is 5.75 Å². The van der Waals surface area contributed by atoms with E-state index in [2.05, 4.69) is 33.1 Å². The number of rotatable bonds is 6. The fourth-order valence-corrected chi connectivity index (χ4v) is 4.92. The average Bonchev–Trinajstić information content (AvgIpc) is 3.25. The van der Waals surface area contributed by atoms with Crippen LogP contribution in [-0.2, 0) is 32.2 Å². The Kier molecular flexibility index (Phi) is 5.86. The summed E-state index contributed by atoms with van der Waals surface area (Å²) in [6.07, 6.45) is 6.56. The second-order valence-electron chi connectivity index (χ2n) is 8.86. The van der Waals surface area contributed by atoms with Gasteiger partial charge in [-0.15, -0.1) is 0 Å². The van der Waals surface area contributed by atoms with Crippen molar-refractivity contribution in [2.75, 3.05) is 45.9 Å². The van der Waals surface area contributed by atoms with Crippen LogP contribution >= 0.6 is 0 Å². The quantitative estimate of drug-likeness (QED) is 0.731. The lowest BCUT2D eigenvalue weighted by molar-refractivity contribution is 0.128. The SMILES string of the molecule is O=c1cc2c(nn1CCN1CCN(CCc3ccc4c(c3)CCO4)CC1)CCCC2. The summed E-state index contributed by atoms with van der Waals surface area (Å²) in [5.41, 5.74) is 5.16. The van der Waals surface area contributed by atoms with Crippen LogP contribution in [0.1, 0.15) is 35.2 Å². The minimum atomic E-state index is 0.0639. The van der Waals surface area contributed by atoms with Crippen molar-refractivity contribution in [2.45, 2.75) is 45.1 Å².